The number of aryl methyl sites for hydroxylation is 1. The van der Waals surface area contributed by atoms with Gasteiger partial charge < -0.3 is 5.11 Å². The zero-order chi connectivity index (χ0) is 10.4. The third-order valence-corrected chi connectivity index (χ3v) is 3.10. The van der Waals surface area contributed by atoms with E-state index in [-0.39, 0.29) is 6.10 Å². The normalized spacial score (nSPS) is 12.8. The number of hydrogen-bond donors (Lipinski definition) is 1. The zero-order valence-electron chi connectivity index (χ0n) is 8.86. The molecule has 1 nitrogen and oxygen atoms in total. The first kappa shape index (κ1) is 11.6. The molecule has 1 rings (SSSR count). The summed E-state index contributed by atoms with van der Waals surface area (Å²) in [5, 5.41) is 9.86. The molecule has 0 aliphatic rings. The van der Waals surface area contributed by atoms with E-state index in [1.165, 1.54) is 5.56 Å². The van der Waals surface area contributed by atoms with Gasteiger partial charge in [0.05, 0.1) is 6.10 Å². The molecule has 0 aliphatic heterocycles. The summed E-state index contributed by atoms with van der Waals surface area (Å²) in [6, 6.07) is 8.10. The van der Waals surface area contributed by atoms with Crippen molar-refractivity contribution < 1.29 is 5.11 Å². The van der Waals surface area contributed by atoms with Crippen molar-refractivity contribution in [2.75, 3.05) is 11.5 Å². The predicted molar refractivity (Wildman–Crippen MR) is 63.8 cm³/mol. The van der Waals surface area contributed by atoms with Gasteiger partial charge in [0.25, 0.3) is 0 Å². The molecule has 0 radical (unpaired) electrons. The van der Waals surface area contributed by atoms with Crippen LogP contribution in [0.4, 0.5) is 0 Å². The van der Waals surface area contributed by atoms with Crippen LogP contribution in [-0.4, -0.2) is 16.6 Å². The fourth-order valence-corrected chi connectivity index (χ4v) is 2.06. The Bertz CT molecular complexity index is 273. The van der Waals surface area contributed by atoms with Crippen LogP contribution in [0.25, 0.3) is 0 Å². The van der Waals surface area contributed by atoms with Crippen molar-refractivity contribution in [2.45, 2.75) is 26.4 Å². The zero-order valence-corrected chi connectivity index (χ0v) is 9.68. The van der Waals surface area contributed by atoms with E-state index in [1.807, 2.05) is 23.9 Å². The topological polar surface area (TPSA) is 20.2 Å². The Morgan fingerprint density at radius 1 is 1.43 bits per heavy atom. The number of rotatable bonds is 5. The molecule has 0 bridgehead atoms. The van der Waals surface area contributed by atoms with Gasteiger partial charge in [0.2, 0.25) is 0 Å². The second-order valence-corrected chi connectivity index (χ2v) is 4.81. The largest absolute Gasteiger partial charge is 0.388 e. The maximum absolute atomic E-state index is 9.86. The average molecular weight is 210 g/mol. The molecule has 0 saturated carbocycles. The van der Waals surface area contributed by atoms with Crippen LogP contribution in [0, 0.1) is 6.92 Å². The Balaban J connectivity index is 2.47. The minimum Gasteiger partial charge on any atom is -0.388 e. The van der Waals surface area contributed by atoms with Crippen LogP contribution in [0.1, 0.15) is 30.6 Å². The highest BCUT2D eigenvalue weighted by Gasteiger charge is 2.06. The molecule has 0 aliphatic carbocycles. The summed E-state index contributed by atoms with van der Waals surface area (Å²) in [6.45, 7) is 4.20. The van der Waals surface area contributed by atoms with Gasteiger partial charge in [-0.2, -0.15) is 11.8 Å². The molecule has 0 amide bonds. The second-order valence-electron chi connectivity index (χ2n) is 3.42. The van der Waals surface area contributed by atoms with Crippen LogP contribution in [0.15, 0.2) is 24.3 Å². The van der Waals surface area contributed by atoms with Crippen molar-refractivity contribution in [2.24, 2.45) is 0 Å². The quantitative estimate of drug-likeness (QED) is 0.753. The van der Waals surface area contributed by atoms with E-state index in [0.29, 0.717) is 0 Å². The molecule has 0 spiro atoms. The number of aliphatic hydroxyl groups is 1. The van der Waals surface area contributed by atoms with E-state index < -0.39 is 0 Å². The molecule has 78 valence electrons. The van der Waals surface area contributed by atoms with Crippen LogP contribution in [0.2, 0.25) is 0 Å². The number of thioether (sulfide) groups is 1. The lowest BCUT2D eigenvalue weighted by atomic mass is 10.1. The molecule has 14 heavy (non-hydrogen) atoms. The summed E-state index contributed by atoms with van der Waals surface area (Å²) in [6.07, 6.45) is 0.552. The molecule has 1 atom stereocenters. The minimum atomic E-state index is -0.297. The van der Waals surface area contributed by atoms with Crippen LogP contribution < -0.4 is 0 Å². The van der Waals surface area contributed by atoms with E-state index in [1.54, 1.807) is 0 Å². The first-order chi connectivity index (χ1) is 6.74. The van der Waals surface area contributed by atoms with Crippen molar-refractivity contribution in [1.29, 1.82) is 0 Å². The van der Waals surface area contributed by atoms with Gasteiger partial charge in [-0.15, -0.1) is 0 Å². The molecular formula is C12H18OS. The van der Waals surface area contributed by atoms with Crippen molar-refractivity contribution in [3.8, 4) is 0 Å². The third kappa shape index (κ3) is 3.72. The molecule has 0 saturated heterocycles. The van der Waals surface area contributed by atoms with Crippen molar-refractivity contribution in [3.05, 3.63) is 35.4 Å². The number of benzene rings is 1. The summed E-state index contributed by atoms with van der Waals surface area (Å²) < 4.78 is 0. The van der Waals surface area contributed by atoms with E-state index in [4.69, 9.17) is 0 Å². The Kier molecular flexibility index (Phi) is 5.05. The highest BCUT2D eigenvalue weighted by molar-refractivity contribution is 7.99. The van der Waals surface area contributed by atoms with Gasteiger partial charge in [-0.1, -0.05) is 36.8 Å². The van der Waals surface area contributed by atoms with Crippen LogP contribution in [0.3, 0.4) is 0 Å². The highest BCUT2D eigenvalue weighted by Crippen LogP contribution is 2.19. The Morgan fingerprint density at radius 2 is 2.21 bits per heavy atom. The van der Waals surface area contributed by atoms with Gasteiger partial charge in [0.15, 0.2) is 0 Å². The molecular weight excluding hydrogens is 192 g/mol. The van der Waals surface area contributed by atoms with Gasteiger partial charge in [-0.05, 0) is 30.4 Å². The van der Waals surface area contributed by atoms with Crippen molar-refractivity contribution >= 4 is 11.8 Å². The lowest BCUT2D eigenvalue weighted by molar-refractivity contribution is 0.175. The third-order valence-electron chi connectivity index (χ3n) is 2.17. The first-order valence-corrected chi connectivity index (χ1v) is 6.22. The smallest absolute Gasteiger partial charge is 0.0798 e. The summed E-state index contributed by atoms with van der Waals surface area (Å²) in [5.41, 5.74) is 2.26. The summed E-state index contributed by atoms with van der Waals surface area (Å²) in [4.78, 5) is 0. The van der Waals surface area contributed by atoms with E-state index >= 15 is 0 Å². The van der Waals surface area contributed by atoms with Crippen LogP contribution in [-0.2, 0) is 0 Å². The summed E-state index contributed by atoms with van der Waals surface area (Å²) in [5.74, 6) is 2.16. The lowest BCUT2D eigenvalue weighted by Crippen LogP contribution is -1.99. The molecule has 2 heteroatoms. The van der Waals surface area contributed by atoms with Gasteiger partial charge in [0, 0.05) is 0 Å². The lowest BCUT2D eigenvalue weighted by Gasteiger charge is -2.10. The molecule has 0 fully saturated rings. The maximum atomic E-state index is 9.86. The Morgan fingerprint density at radius 3 is 2.86 bits per heavy atom. The molecule has 0 heterocycles. The van der Waals surface area contributed by atoms with Gasteiger partial charge in [-0.3, -0.25) is 0 Å². The van der Waals surface area contributed by atoms with Crippen LogP contribution in [0.5, 0.6) is 0 Å². The maximum Gasteiger partial charge on any atom is 0.0798 e. The van der Waals surface area contributed by atoms with Crippen molar-refractivity contribution in [1.82, 2.24) is 0 Å². The fraction of sp³-hybridized carbons (Fsp3) is 0.500. The summed E-state index contributed by atoms with van der Waals surface area (Å²) in [7, 11) is 0. The highest BCUT2D eigenvalue weighted by atomic mass is 32.2. The first-order valence-electron chi connectivity index (χ1n) is 5.06. The van der Waals surface area contributed by atoms with E-state index in [9.17, 15) is 5.11 Å². The number of hydrogen-bond acceptors (Lipinski definition) is 2. The monoisotopic (exact) mass is 210 g/mol. The molecule has 1 aromatic rings. The van der Waals surface area contributed by atoms with Crippen LogP contribution >= 0.6 is 11.8 Å². The predicted octanol–water partition coefficient (Wildman–Crippen LogP) is 3.17. The minimum absolute atomic E-state index is 0.297. The number of aliphatic hydroxyl groups excluding tert-OH is 1. The van der Waals surface area contributed by atoms with Gasteiger partial charge in [-0.25, -0.2) is 0 Å². The SMILES string of the molecule is CCSCCC(O)c1cccc(C)c1. The van der Waals surface area contributed by atoms with E-state index in [0.717, 1.165) is 23.5 Å². The fourth-order valence-electron chi connectivity index (χ4n) is 1.38. The summed E-state index contributed by atoms with van der Waals surface area (Å²) >= 11 is 1.88. The van der Waals surface area contributed by atoms with Crippen molar-refractivity contribution in [3.63, 3.8) is 0 Å². The van der Waals surface area contributed by atoms with E-state index in [2.05, 4.69) is 26.0 Å². The molecule has 1 unspecified atom stereocenters. The second kappa shape index (κ2) is 6.10. The molecule has 1 N–H and O–H groups in total. The van der Waals surface area contributed by atoms with Gasteiger partial charge in [0.1, 0.15) is 0 Å². The molecule has 0 aromatic heterocycles. The Hall–Kier alpha value is -0.470. The standard InChI is InChI=1S/C12H18OS/c1-3-14-8-7-12(13)11-6-4-5-10(2)9-11/h4-6,9,12-13H,3,7-8H2,1-2H3. The Labute approximate surface area is 90.5 Å². The van der Waals surface area contributed by atoms with Gasteiger partial charge >= 0.3 is 0 Å². The average Bonchev–Trinajstić information content (AvgIpc) is 2.18. The molecule has 1 aromatic carbocycles.